The van der Waals surface area contributed by atoms with Crippen LogP contribution in [0.15, 0.2) is 24.3 Å². The Hall–Kier alpha value is -1.35. The van der Waals surface area contributed by atoms with Gasteiger partial charge in [0.1, 0.15) is 0 Å². The molecule has 0 unspecified atom stereocenters. The topological polar surface area (TPSA) is 55.1 Å². The standard InChI is InChI=1S/C14H22N2O/c1-4-11-5-7-12(8-6-11)9-10-16-13(17)14(2,3)15/h5-8H,4,9-10,15H2,1-3H3,(H,16,17). The molecule has 1 amide bonds. The van der Waals surface area contributed by atoms with Crippen LogP contribution in [0.2, 0.25) is 0 Å². The Labute approximate surface area is 103 Å². The predicted octanol–water partition coefficient (Wildman–Crippen LogP) is 1.64. The van der Waals surface area contributed by atoms with Crippen molar-refractivity contribution in [1.29, 1.82) is 0 Å². The minimum absolute atomic E-state index is 0.109. The molecule has 17 heavy (non-hydrogen) atoms. The van der Waals surface area contributed by atoms with Crippen molar-refractivity contribution in [1.82, 2.24) is 5.32 Å². The summed E-state index contributed by atoms with van der Waals surface area (Å²) in [5, 5.41) is 2.84. The maximum Gasteiger partial charge on any atom is 0.239 e. The van der Waals surface area contributed by atoms with E-state index in [0.29, 0.717) is 6.54 Å². The zero-order valence-electron chi connectivity index (χ0n) is 10.9. The van der Waals surface area contributed by atoms with Crippen LogP contribution in [0, 0.1) is 0 Å². The fourth-order valence-electron chi connectivity index (χ4n) is 1.49. The van der Waals surface area contributed by atoms with E-state index in [-0.39, 0.29) is 5.91 Å². The highest BCUT2D eigenvalue weighted by Gasteiger charge is 2.20. The molecule has 0 aromatic heterocycles. The van der Waals surface area contributed by atoms with Gasteiger partial charge in [0, 0.05) is 6.54 Å². The molecule has 1 rings (SSSR count). The van der Waals surface area contributed by atoms with Gasteiger partial charge in [0.05, 0.1) is 5.54 Å². The summed E-state index contributed by atoms with van der Waals surface area (Å²) in [6.45, 7) is 6.18. The van der Waals surface area contributed by atoms with Gasteiger partial charge in [-0.05, 0) is 37.8 Å². The van der Waals surface area contributed by atoms with E-state index in [4.69, 9.17) is 5.73 Å². The first-order valence-corrected chi connectivity index (χ1v) is 6.08. The zero-order chi connectivity index (χ0) is 12.9. The summed E-state index contributed by atoms with van der Waals surface area (Å²) < 4.78 is 0. The van der Waals surface area contributed by atoms with Gasteiger partial charge in [0.25, 0.3) is 0 Å². The molecule has 0 radical (unpaired) electrons. The molecule has 0 fully saturated rings. The van der Waals surface area contributed by atoms with E-state index in [1.807, 2.05) is 0 Å². The fraction of sp³-hybridized carbons (Fsp3) is 0.500. The second-order valence-electron chi connectivity index (χ2n) is 4.90. The first-order chi connectivity index (χ1) is 7.93. The van der Waals surface area contributed by atoms with Crippen molar-refractivity contribution in [2.24, 2.45) is 5.73 Å². The summed E-state index contributed by atoms with van der Waals surface area (Å²) in [7, 11) is 0. The molecule has 94 valence electrons. The van der Waals surface area contributed by atoms with Crippen molar-refractivity contribution < 1.29 is 4.79 Å². The van der Waals surface area contributed by atoms with Gasteiger partial charge in [-0.15, -0.1) is 0 Å². The quantitative estimate of drug-likeness (QED) is 0.814. The zero-order valence-corrected chi connectivity index (χ0v) is 10.9. The Kier molecular flexibility index (Phi) is 4.70. The lowest BCUT2D eigenvalue weighted by Gasteiger charge is -2.17. The minimum Gasteiger partial charge on any atom is -0.354 e. The summed E-state index contributed by atoms with van der Waals surface area (Å²) in [4.78, 5) is 11.5. The number of hydrogen-bond acceptors (Lipinski definition) is 2. The number of carbonyl (C=O) groups is 1. The smallest absolute Gasteiger partial charge is 0.239 e. The van der Waals surface area contributed by atoms with Gasteiger partial charge in [-0.3, -0.25) is 4.79 Å². The van der Waals surface area contributed by atoms with Gasteiger partial charge in [0.15, 0.2) is 0 Å². The second kappa shape index (κ2) is 5.82. The third kappa shape index (κ3) is 4.57. The molecule has 0 bridgehead atoms. The molecule has 0 aliphatic rings. The average molecular weight is 234 g/mol. The van der Waals surface area contributed by atoms with Crippen LogP contribution < -0.4 is 11.1 Å². The summed E-state index contributed by atoms with van der Waals surface area (Å²) in [5.74, 6) is -0.109. The SMILES string of the molecule is CCc1ccc(CCNC(=O)C(C)(C)N)cc1. The molecule has 0 spiro atoms. The molecule has 0 saturated heterocycles. The van der Waals surface area contributed by atoms with E-state index in [9.17, 15) is 4.79 Å². The molecule has 3 N–H and O–H groups in total. The molecule has 0 atom stereocenters. The van der Waals surface area contributed by atoms with Crippen molar-refractivity contribution in [2.45, 2.75) is 39.2 Å². The van der Waals surface area contributed by atoms with E-state index in [1.165, 1.54) is 11.1 Å². The van der Waals surface area contributed by atoms with E-state index in [1.54, 1.807) is 13.8 Å². The largest absolute Gasteiger partial charge is 0.354 e. The number of rotatable bonds is 5. The van der Waals surface area contributed by atoms with Crippen LogP contribution in [0.25, 0.3) is 0 Å². The van der Waals surface area contributed by atoms with Crippen molar-refractivity contribution in [2.75, 3.05) is 6.54 Å². The van der Waals surface area contributed by atoms with Gasteiger partial charge in [-0.2, -0.15) is 0 Å². The molecular weight excluding hydrogens is 212 g/mol. The van der Waals surface area contributed by atoms with Gasteiger partial charge < -0.3 is 11.1 Å². The highest BCUT2D eigenvalue weighted by atomic mass is 16.2. The minimum atomic E-state index is -0.800. The lowest BCUT2D eigenvalue weighted by Crippen LogP contribution is -2.49. The molecule has 3 nitrogen and oxygen atoms in total. The van der Waals surface area contributed by atoms with Gasteiger partial charge in [-0.25, -0.2) is 0 Å². The number of benzene rings is 1. The number of nitrogens with two attached hydrogens (primary N) is 1. The van der Waals surface area contributed by atoms with Gasteiger partial charge in [0.2, 0.25) is 5.91 Å². The Morgan fingerprint density at radius 2 is 1.76 bits per heavy atom. The molecular formula is C14H22N2O. The van der Waals surface area contributed by atoms with E-state index in [0.717, 1.165) is 12.8 Å². The molecule has 3 heteroatoms. The van der Waals surface area contributed by atoms with Crippen LogP contribution in [0.3, 0.4) is 0 Å². The first kappa shape index (κ1) is 13.7. The lowest BCUT2D eigenvalue weighted by molar-refractivity contribution is -0.125. The Balaban J connectivity index is 2.38. The fourth-order valence-corrected chi connectivity index (χ4v) is 1.49. The number of nitrogens with one attached hydrogen (secondary N) is 1. The number of amides is 1. The molecule has 0 aliphatic carbocycles. The Bertz CT molecular complexity index is 363. The van der Waals surface area contributed by atoms with Crippen LogP contribution in [0.5, 0.6) is 0 Å². The molecule has 0 heterocycles. The highest BCUT2D eigenvalue weighted by molar-refractivity contribution is 5.84. The van der Waals surface area contributed by atoms with Crippen molar-refractivity contribution >= 4 is 5.91 Å². The van der Waals surface area contributed by atoms with Crippen molar-refractivity contribution in [3.63, 3.8) is 0 Å². The summed E-state index contributed by atoms with van der Waals surface area (Å²) >= 11 is 0. The Morgan fingerprint density at radius 1 is 1.24 bits per heavy atom. The highest BCUT2D eigenvalue weighted by Crippen LogP contribution is 2.05. The monoisotopic (exact) mass is 234 g/mol. The van der Waals surface area contributed by atoms with Crippen molar-refractivity contribution in [3.05, 3.63) is 35.4 Å². The predicted molar refractivity (Wildman–Crippen MR) is 70.8 cm³/mol. The third-order valence-electron chi connectivity index (χ3n) is 2.72. The molecule has 1 aromatic carbocycles. The van der Waals surface area contributed by atoms with E-state index >= 15 is 0 Å². The maximum atomic E-state index is 11.5. The van der Waals surface area contributed by atoms with Crippen LogP contribution in [0.4, 0.5) is 0 Å². The lowest BCUT2D eigenvalue weighted by atomic mass is 10.1. The number of carbonyl (C=O) groups excluding carboxylic acids is 1. The van der Waals surface area contributed by atoms with Crippen molar-refractivity contribution in [3.8, 4) is 0 Å². The normalized spacial score (nSPS) is 11.3. The van der Waals surface area contributed by atoms with E-state index < -0.39 is 5.54 Å². The first-order valence-electron chi connectivity index (χ1n) is 6.08. The molecule has 0 aliphatic heterocycles. The maximum absolute atomic E-state index is 11.5. The Morgan fingerprint density at radius 3 is 2.24 bits per heavy atom. The number of hydrogen-bond donors (Lipinski definition) is 2. The second-order valence-corrected chi connectivity index (χ2v) is 4.90. The van der Waals surface area contributed by atoms with Gasteiger partial charge >= 0.3 is 0 Å². The summed E-state index contributed by atoms with van der Waals surface area (Å²) in [6, 6.07) is 8.48. The van der Waals surface area contributed by atoms with Crippen LogP contribution in [0.1, 0.15) is 31.9 Å². The van der Waals surface area contributed by atoms with Gasteiger partial charge in [-0.1, -0.05) is 31.2 Å². The van der Waals surface area contributed by atoms with E-state index in [2.05, 4.69) is 36.5 Å². The molecule has 1 aromatic rings. The summed E-state index contributed by atoms with van der Waals surface area (Å²) in [6.07, 6.45) is 1.89. The van der Waals surface area contributed by atoms with Crippen LogP contribution in [-0.4, -0.2) is 18.0 Å². The van der Waals surface area contributed by atoms with Crippen LogP contribution in [-0.2, 0) is 17.6 Å². The van der Waals surface area contributed by atoms with Crippen LogP contribution >= 0.6 is 0 Å². The third-order valence-corrected chi connectivity index (χ3v) is 2.72. The average Bonchev–Trinajstić information content (AvgIpc) is 2.28. The molecule has 0 saturated carbocycles. The number of aryl methyl sites for hydroxylation is 1. The summed E-state index contributed by atoms with van der Waals surface area (Å²) in [5.41, 5.74) is 7.45.